The van der Waals surface area contributed by atoms with Crippen LogP contribution in [0.3, 0.4) is 0 Å². The Labute approximate surface area is 174 Å². The Morgan fingerprint density at radius 3 is 2.69 bits per heavy atom. The maximum Gasteiger partial charge on any atom is 0.243 e. The van der Waals surface area contributed by atoms with Crippen molar-refractivity contribution in [2.75, 3.05) is 0 Å². The third-order valence-corrected chi connectivity index (χ3v) is 6.35. The van der Waals surface area contributed by atoms with Gasteiger partial charge in [-0.1, -0.05) is 29.8 Å². The molecule has 0 bridgehead atoms. The van der Waals surface area contributed by atoms with Gasteiger partial charge >= 0.3 is 0 Å². The highest BCUT2D eigenvalue weighted by molar-refractivity contribution is 7.89. The van der Waals surface area contributed by atoms with Gasteiger partial charge in [-0.25, -0.2) is 18.1 Å². The number of halogens is 1. The van der Waals surface area contributed by atoms with Gasteiger partial charge in [0.05, 0.1) is 17.2 Å². The first-order chi connectivity index (χ1) is 13.8. The summed E-state index contributed by atoms with van der Waals surface area (Å²) in [5.41, 5.74) is 3.40. The lowest BCUT2D eigenvalue weighted by Crippen LogP contribution is -2.23. The van der Waals surface area contributed by atoms with Gasteiger partial charge in [0.15, 0.2) is 0 Å². The summed E-state index contributed by atoms with van der Waals surface area (Å²) in [6.07, 6.45) is 4.60. The number of nitrogens with one attached hydrogen (secondary N) is 1. The summed E-state index contributed by atoms with van der Waals surface area (Å²) < 4.78 is 31.2. The molecule has 4 aromatic rings. The number of hydrogen-bond donors (Lipinski definition) is 1. The van der Waals surface area contributed by atoms with Crippen LogP contribution in [0.5, 0.6) is 0 Å². The van der Waals surface area contributed by atoms with Crippen molar-refractivity contribution >= 4 is 32.7 Å². The standard InChI is InChI=1S/C20H20ClN5O2S/c1-14(2)26-12-17(11-23-26)29(27,28)24-10-15-7-8-16(9-18(15)21)25-13-22-19-5-3-4-6-20(19)25/h3-9,11-14,24H,10H2,1-2H3. The Kier molecular flexibility index (Phi) is 5.16. The molecule has 2 aromatic heterocycles. The van der Waals surface area contributed by atoms with Gasteiger partial charge in [0.25, 0.3) is 0 Å². The normalized spacial score (nSPS) is 12.1. The van der Waals surface area contributed by atoms with Crippen LogP contribution in [0.1, 0.15) is 25.5 Å². The molecule has 1 N–H and O–H groups in total. The van der Waals surface area contributed by atoms with Crippen molar-refractivity contribution in [1.29, 1.82) is 0 Å². The lowest BCUT2D eigenvalue weighted by molar-refractivity contribution is 0.531. The molecule has 4 rings (SSSR count). The quantitative estimate of drug-likeness (QED) is 0.503. The van der Waals surface area contributed by atoms with E-state index < -0.39 is 10.0 Å². The summed E-state index contributed by atoms with van der Waals surface area (Å²) in [7, 11) is -3.68. The topological polar surface area (TPSA) is 81.8 Å². The number of fused-ring (bicyclic) bond motifs is 1. The maximum absolute atomic E-state index is 12.5. The van der Waals surface area contributed by atoms with Gasteiger partial charge in [0.1, 0.15) is 11.2 Å². The molecule has 0 aliphatic rings. The zero-order valence-electron chi connectivity index (χ0n) is 15.9. The molecule has 150 valence electrons. The monoisotopic (exact) mass is 429 g/mol. The van der Waals surface area contributed by atoms with E-state index in [0.717, 1.165) is 16.7 Å². The van der Waals surface area contributed by atoms with Crippen molar-refractivity contribution < 1.29 is 8.42 Å². The van der Waals surface area contributed by atoms with Crippen LogP contribution in [0.2, 0.25) is 5.02 Å². The van der Waals surface area contributed by atoms with E-state index >= 15 is 0 Å². The Balaban J connectivity index is 1.54. The van der Waals surface area contributed by atoms with Crippen LogP contribution >= 0.6 is 11.6 Å². The molecule has 9 heteroatoms. The first-order valence-corrected chi connectivity index (χ1v) is 11.0. The molecule has 0 spiro atoms. The molecule has 0 fully saturated rings. The van der Waals surface area contributed by atoms with E-state index in [1.807, 2.05) is 54.8 Å². The molecule has 0 unspecified atom stereocenters. The zero-order valence-corrected chi connectivity index (χ0v) is 17.5. The van der Waals surface area contributed by atoms with Gasteiger partial charge in [-0.3, -0.25) is 9.25 Å². The number of nitrogens with zero attached hydrogens (tertiary/aromatic N) is 4. The molecule has 29 heavy (non-hydrogen) atoms. The average molecular weight is 430 g/mol. The Morgan fingerprint density at radius 1 is 1.17 bits per heavy atom. The fourth-order valence-electron chi connectivity index (χ4n) is 2.99. The van der Waals surface area contributed by atoms with E-state index in [9.17, 15) is 8.42 Å². The van der Waals surface area contributed by atoms with Crippen molar-refractivity contribution in [1.82, 2.24) is 24.1 Å². The minimum atomic E-state index is -3.68. The second-order valence-electron chi connectivity index (χ2n) is 6.95. The molecule has 0 saturated carbocycles. The van der Waals surface area contributed by atoms with Crippen LogP contribution in [0.15, 0.2) is 66.1 Å². The summed E-state index contributed by atoms with van der Waals surface area (Å²) in [6.45, 7) is 3.95. The number of rotatable bonds is 6. The molecular weight excluding hydrogens is 410 g/mol. The molecular formula is C20H20ClN5O2S. The van der Waals surface area contributed by atoms with E-state index in [0.29, 0.717) is 10.6 Å². The van der Waals surface area contributed by atoms with Crippen molar-refractivity contribution in [2.45, 2.75) is 31.3 Å². The SMILES string of the molecule is CC(C)n1cc(S(=O)(=O)NCc2ccc(-n3cnc4ccccc43)cc2Cl)cn1. The zero-order chi connectivity index (χ0) is 20.6. The van der Waals surface area contributed by atoms with E-state index in [2.05, 4.69) is 14.8 Å². The first-order valence-electron chi connectivity index (χ1n) is 9.10. The van der Waals surface area contributed by atoms with Crippen LogP contribution in [0.25, 0.3) is 16.7 Å². The fraction of sp³-hybridized carbons (Fsp3) is 0.200. The van der Waals surface area contributed by atoms with E-state index in [1.54, 1.807) is 17.1 Å². The highest BCUT2D eigenvalue weighted by Crippen LogP contribution is 2.24. The van der Waals surface area contributed by atoms with Crippen LogP contribution in [0, 0.1) is 0 Å². The van der Waals surface area contributed by atoms with Gasteiger partial charge in [0.2, 0.25) is 10.0 Å². The Bertz CT molecular complexity index is 1280. The third kappa shape index (κ3) is 3.91. The van der Waals surface area contributed by atoms with Gasteiger partial charge < -0.3 is 0 Å². The summed E-state index contributed by atoms with van der Waals surface area (Å²) in [5.74, 6) is 0. The van der Waals surface area contributed by atoms with Crippen LogP contribution in [0.4, 0.5) is 0 Å². The van der Waals surface area contributed by atoms with Crippen LogP contribution < -0.4 is 4.72 Å². The van der Waals surface area contributed by atoms with Gasteiger partial charge in [-0.2, -0.15) is 5.10 Å². The smallest absolute Gasteiger partial charge is 0.243 e. The fourth-order valence-corrected chi connectivity index (χ4v) is 4.18. The third-order valence-electron chi connectivity index (χ3n) is 4.64. The van der Waals surface area contributed by atoms with E-state index in [1.165, 1.54) is 12.4 Å². The summed E-state index contributed by atoms with van der Waals surface area (Å²) >= 11 is 6.43. The minimum Gasteiger partial charge on any atom is -0.299 e. The minimum absolute atomic E-state index is 0.0823. The number of para-hydroxylation sites is 2. The Hall–Kier alpha value is -2.68. The molecule has 2 heterocycles. The predicted molar refractivity (Wildman–Crippen MR) is 113 cm³/mol. The van der Waals surface area contributed by atoms with Crippen molar-refractivity contribution in [3.05, 3.63) is 71.8 Å². The largest absolute Gasteiger partial charge is 0.299 e. The number of aromatic nitrogens is 4. The molecule has 0 amide bonds. The number of sulfonamides is 1. The summed E-state index contributed by atoms with van der Waals surface area (Å²) in [6, 6.07) is 13.4. The summed E-state index contributed by atoms with van der Waals surface area (Å²) in [4.78, 5) is 4.51. The number of benzene rings is 2. The molecule has 2 aromatic carbocycles. The molecule has 0 aliphatic heterocycles. The lowest BCUT2D eigenvalue weighted by Gasteiger charge is -2.10. The highest BCUT2D eigenvalue weighted by Gasteiger charge is 2.18. The van der Waals surface area contributed by atoms with E-state index in [4.69, 9.17) is 11.6 Å². The van der Waals surface area contributed by atoms with Crippen molar-refractivity contribution in [2.24, 2.45) is 0 Å². The molecule has 0 aliphatic carbocycles. The van der Waals surface area contributed by atoms with Gasteiger partial charge in [-0.05, 0) is 43.7 Å². The van der Waals surface area contributed by atoms with E-state index in [-0.39, 0.29) is 17.5 Å². The maximum atomic E-state index is 12.5. The highest BCUT2D eigenvalue weighted by atomic mass is 35.5. The van der Waals surface area contributed by atoms with Crippen LogP contribution in [-0.2, 0) is 16.6 Å². The lowest BCUT2D eigenvalue weighted by atomic mass is 10.2. The molecule has 0 radical (unpaired) electrons. The van der Waals surface area contributed by atoms with Gasteiger partial charge in [0, 0.05) is 29.5 Å². The molecule has 0 saturated heterocycles. The molecule has 0 atom stereocenters. The predicted octanol–water partition coefficient (Wildman–Crippen LogP) is 3.93. The summed E-state index contributed by atoms with van der Waals surface area (Å²) in [5, 5.41) is 4.56. The number of imidazole rings is 1. The Morgan fingerprint density at radius 2 is 1.97 bits per heavy atom. The number of hydrogen-bond acceptors (Lipinski definition) is 4. The van der Waals surface area contributed by atoms with Gasteiger partial charge in [-0.15, -0.1) is 0 Å². The molecule has 7 nitrogen and oxygen atoms in total. The average Bonchev–Trinajstić information content (AvgIpc) is 3.35. The van der Waals surface area contributed by atoms with Crippen molar-refractivity contribution in [3.63, 3.8) is 0 Å². The first kappa shape index (κ1) is 19.6. The van der Waals surface area contributed by atoms with Crippen LogP contribution in [-0.4, -0.2) is 27.7 Å². The second-order valence-corrected chi connectivity index (χ2v) is 9.13. The van der Waals surface area contributed by atoms with Crippen molar-refractivity contribution in [3.8, 4) is 5.69 Å². The second kappa shape index (κ2) is 7.62.